The van der Waals surface area contributed by atoms with Crippen LogP contribution in [0.2, 0.25) is 0 Å². The lowest BCUT2D eigenvalue weighted by molar-refractivity contribution is -0.131. The number of aromatic nitrogens is 2. The summed E-state index contributed by atoms with van der Waals surface area (Å²) in [6.07, 6.45) is 7.57. The minimum absolute atomic E-state index is 0.0627. The predicted molar refractivity (Wildman–Crippen MR) is 94.0 cm³/mol. The summed E-state index contributed by atoms with van der Waals surface area (Å²) in [4.78, 5) is 14.2. The normalized spacial score (nSPS) is 21.2. The average molecular weight is 369 g/mol. The molecule has 1 amide bonds. The lowest BCUT2D eigenvalue weighted by Gasteiger charge is -2.31. The zero-order valence-electron chi connectivity index (χ0n) is 14.6. The minimum atomic E-state index is -3.39. The first kappa shape index (κ1) is 18.3. The van der Waals surface area contributed by atoms with E-state index in [2.05, 4.69) is 5.10 Å². The van der Waals surface area contributed by atoms with Gasteiger partial charge >= 0.3 is 0 Å². The molecule has 2 aliphatic rings. The van der Waals surface area contributed by atoms with Crippen LogP contribution in [0, 0.1) is 0 Å². The van der Waals surface area contributed by atoms with Gasteiger partial charge in [-0.15, -0.1) is 0 Å². The Hall–Kier alpha value is -1.45. The molecule has 9 heteroatoms. The highest BCUT2D eigenvalue weighted by atomic mass is 32.2. The maximum Gasteiger partial charge on any atom is 0.282 e. The molecule has 1 aromatic heterocycles. The van der Waals surface area contributed by atoms with Gasteiger partial charge in [-0.2, -0.15) is 22.1 Å². The van der Waals surface area contributed by atoms with Crippen molar-refractivity contribution in [1.82, 2.24) is 23.3 Å². The summed E-state index contributed by atoms with van der Waals surface area (Å²) in [5.74, 6) is 0.0627. The van der Waals surface area contributed by atoms with Gasteiger partial charge in [0.1, 0.15) is 0 Å². The minimum Gasteiger partial charge on any atom is -0.341 e. The molecule has 0 radical (unpaired) electrons. The van der Waals surface area contributed by atoms with E-state index in [0.717, 1.165) is 19.3 Å². The van der Waals surface area contributed by atoms with Crippen LogP contribution in [0.15, 0.2) is 18.5 Å². The topological polar surface area (TPSA) is 78.8 Å². The molecule has 0 bridgehead atoms. The van der Waals surface area contributed by atoms with Gasteiger partial charge in [-0.05, 0) is 25.3 Å². The highest BCUT2D eigenvalue weighted by Crippen LogP contribution is 2.18. The van der Waals surface area contributed by atoms with Gasteiger partial charge in [0.15, 0.2) is 0 Å². The summed E-state index contributed by atoms with van der Waals surface area (Å²) in [5.41, 5.74) is 0. The first-order valence-corrected chi connectivity index (χ1v) is 10.5. The molecule has 25 heavy (non-hydrogen) atoms. The van der Waals surface area contributed by atoms with Gasteiger partial charge in [0.25, 0.3) is 10.2 Å². The molecule has 0 atom stereocenters. The molecule has 3 heterocycles. The molecule has 140 valence electrons. The number of nitrogens with zero attached hydrogens (tertiary/aromatic N) is 5. The van der Waals surface area contributed by atoms with E-state index in [9.17, 15) is 13.2 Å². The Morgan fingerprint density at radius 3 is 2.36 bits per heavy atom. The molecule has 2 aliphatic heterocycles. The maximum atomic E-state index is 12.8. The number of amides is 1. The number of carbonyl (C=O) groups is 1. The Labute approximate surface area is 149 Å². The zero-order valence-corrected chi connectivity index (χ0v) is 15.4. The van der Waals surface area contributed by atoms with Crippen molar-refractivity contribution >= 4 is 16.1 Å². The van der Waals surface area contributed by atoms with Gasteiger partial charge in [0.05, 0.1) is 0 Å². The number of hydrogen-bond donors (Lipinski definition) is 0. The second kappa shape index (κ2) is 8.29. The molecule has 2 fully saturated rings. The van der Waals surface area contributed by atoms with E-state index in [-0.39, 0.29) is 5.91 Å². The number of rotatable bonds is 5. The summed E-state index contributed by atoms with van der Waals surface area (Å²) in [5, 5.41) is 4.10. The number of hydrogen-bond acceptors (Lipinski definition) is 4. The summed E-state index contributed by atoms with van der Waals surface area (Å²) >= 11 is 0. The first-order chi connectivity index (χ1) is 12.1. The van der Waals surface area contributed by atoms with Gasteiger partial charge in [-0.25, -0.2) is 0 Å². The van der Waals surface area contributed by atoms with E-state index in [0.29, 0.717) is 58.7 Å². The van der Waals surface area contributed by atoms with Crippen LogP contribution in [0.5, 0.6) is 0 Å². The van der Waals surface area contributed by atoms with Crippen LogP contribution < -0.4 is 0 Å². The van der Waals surface area contributed by atoms with Gasteiger partial charge in [0, 0.05) is 64.6 Å². The largest absolute Gasteiger partial charge is 0.341 e. The Balaban J connectivity index is 1.53. The average Bonchev–Trinajstić information content (AvgIpc) is 3.02. The first-order valence-electron chi connectivity index (χ1n) is 9.08. The van der Waals surface area contributed by atoms with Gasteiger partial charge in [0.2, 0.25) is 5.91 Å². The van der Waals surface area contributed by atoms with Crippen LogP contribution in [-0.4, -0.2) is 76.9 Å². The van der Waals surface area contributed by atoms with E-state index in [1.165, 1.54) is 0 Å². The van der Waals surface area contributed by atoms with Crippen LogP contribution in [0.1, 0.15) is 32.1 Å². The Kier molecular flexibility index (Phi) is 6.08. The summed E-state index contributed by atoms with van der Waals surface area (Å²) in [6, 6.07) is 1.83. The van der Waals surface area contributed by atoms with E-state index < -0.39 is 10.2 Å². The molecular weight excluding hydrogens is 342 g/mol. The molecule has 1 aromatic rings. The third-order valence-corrected chi connectivity index (χ3v) is 6.92. The third-order valence-electron chi connectivity index (χ3n) is 4.89. The number of aryl methyl sites for hydroxylation is 1. The third kappa shape index (κ3) is 4.59. The molecule has 2 saturated heterocycles. The Morgan fingerprint density at radius 2 is 1.64 bits per heavy atom. The van der Waals surface area contributed by atoms with Gasteiger partial charge in [-0.3, -0.25) is 9.48 Å². The van der Waals surface area contributed by atoms with Gasteiger partial charge < -0.3 is 4.90 Å². The van der Waals surface area contributed by atoms with Crippen molar-refractivity contribution in [2.24, 2.45) is 0 Å². The maximum absolute atomic E-state index is 12.8. The highest BCUT2D eigenvalue weighted by Gasteiger charge is 2.32. The molecule has 0 aromatic carbocycles. The van der Waals surface area contributed by atoms with E-state index in [4.69, 9.17) is 0 Å². The van der Waals surface area contributed by atoms with Crippen molar-refractivity contribution in [3.8, 4) is 0 Å². The zero-order chi connectivity index (χ0) is 17.7. The Morgan fingerprint density at radius 1 is 0.920 bits per heavy atom. The van der Waals surface area contributed by atoms with Crippen LogP contribution in [0.4, 0.5) is 0 Å². The quantitative estimate of drug-likeness (QED) is 0.759. The van der Waals surface area contributed by atoms with E-state index >= 15 is 0 Å². The molecule has 0 unspecified atom stereocenters. The Bertz CT molecular complexity index is 655. The highest BCUT2D eigenvalue weighted by molar-refractivity contribution is 7.86. The fourth-order valence-electron chi connectivity index (χ4n) is 3.43. The second-order valence-electron chi connectivity index (χ2n) is 6.62. The monoisotopic (exact) mass is 369 g/mol. The van der Waals surface area contributed by atoms with Crippen molar-refractivity contribution in [3.63, 3.8) is 0 Å². The van der Waals surface area contributed by atoms with E-state index in [1.54, 1.807) is 24.4 Å². The lowest BCUT2D eigenvalue weighted by atomic mass is 10.2. The van der Waals surface area contributed by atoms with E-state index in [1.807, 2.05) is 12.3 Å². The molecular formula is C16H27N5O3S. The molecule has 0 spiro atoms. The predicted octanol–water partition coefficient (Wildman–Crippen LogP) is 0.538. The molecule has 0 aliphatic carbocycles. The van der Waals surface area contributed by atoms with Crippen molar-refractivity contribution in [3.05, 3.63) is 18.5 Å². The molecule has 3 rings (SSSR count). The van der Waals surface area contributed by atoms with Crippen LogP contribution in [-0.2, 0) is 21.5 Å². The molecule has 0 N–H and O–H groups in total. The second-order valence-corrected chi connectivity index (χ2v) is 8.55. The van der Waals surface area contributed by atoms with Crippen LogP contribution >= 0.6 is 0 Å². The van der Waals surface area contributed by atoms with Crippen molar-refractivity contribution < 1.29 is 13.2 Å². The van der Waals surface area contributed by atoms with Crippen molar-refractivity contribution in [2.75, 3.05) is 39.3 Å². The standard InChI is InChI=1S/C16H27N5O3S/c22-16(6-13-19-9-4-7-17-19)18-8-5-12-21(15-14-18)25(23,24)20-10-2-1-3-11-20/h4,7,9H,1-3,5-6,8,10-15H2. The molecule has 0 saturated carbocycles. The van der Waals surface area contributed by atoms with Gasteiger partial charge in [-0.1, -0.05) is 6.42 Å². The summed E-state index contributed by atoms with van der Waals surface area (Å²) in [6.45, 7) is 3.73. The molecule has 8 nitrogen and oxygen atoms in total. The fourth-order valence-corrected chi connectivity index (χ4v) is 5.15. The fraction of sp³-hybridized carbons (Fsp3) is 0.750. The number of piperidine rings is 1. The number of carbonyl (C=O) groups excluding carboxylic acids is 1. The smallest absolute Gasteiger partial charge is 0.282 e. The van der Waals surface area contributed by atoms with Crippen molar-refractivity contribution in [1.29, 1.82) is 0 Å². The summed E-state index contributed by atoms with van der Waals surface area (Å²) in [7, 11) is -3.39. The van der Waals surface area contributed by atoms with Crippen LogP contribution in [0.3, 0.4) is 0 Å². The summed E-state index contributed by atoms with van der Waals surface area (Å²) < 4.78 is 30.5. The SMILES string of the molecule is O=C(CCn1cccn1)N1CCCN(S(=O)(=O)N2CCCCC2)CC1. The van der Waals surface area contributed by atoms with Crippen molar-refractivity contribution in [2.45, 2.75) is 38.6 Å². The van der Waals surface area contributed by atoms with Crippen LogP contribution in [0.25, 0.3) is 0 Å². The lowest BCUT2D eigenvalue weighted by Crippen LogP contribution is -2.47.